The van der Waals surface area contributed by atoms with Crippen molar-refractivity contribution in [3.63, 3.8) is 0 Å². The van der Waals surface area contributed by atoms with Crippen LogP contribution in [-0.2, 0) is 13.5 Å². The molecule has 3 aromatic rings. The molecular weight excluding hydrogens is 844 g/mol. The summed E-state index contributed by atoms with van der Waals surface area (Å²) >= 11 is 4.88. The van der Waals surface area contributed by atoms with Crippen molar-refractivity contribution in [2.45, 2.75) is 54.4 Å². The molecule has 1 aromatic carbocycles. The average Bonchev–Trinajstić information content (AvgIpc) is 3.47. The number of hydrogen-bond donors (Lipinski definition) is 0. The van der Waals surface area contributed by atoms with Crippen LogP contribution in [0.1, 0.15) is 59.9 Å². The number of nitrogens with zero attached hydrogens (tertiary/aromatic N) is 4. The molecule has 0 spiro atoms. The summed E-state index contributed by atoms with van der Waals surface area (Å²) < 4.78 is 3.97. The monoisotopic (exact) mass is 887 g/mol. The predicted octanol–water partition coefficient (Wildman–Crippen LogP) is 11.7. The molecule has 0 radical (unpaired) electrons. The molecule has 47 heavy (non-hydrogen) atoms. The molecule has 1 aliphatic heterocycles. The third-order valence-corrected chi connectivity index (χ3v) is 10.5. The Bertz CT molecular complexity index is 1480. The molecule has 0 bridgehead atoms. The van der Waals surface area contributed by atoms with Crippen LogP contribution in [0.4, 0.5) is 0 Å². The van der Waals surface area contributed by atoms with Crippen molar-refractivity contribution in [2.24, 2.45) is 11.8 Å². The van der Waals surface area contributed by atoms with Gasteiger partial charge >= 0.3 is 73.4 Å². The summed E-state index contributed by atoms with van der Waals surface area (Å²) in [4.78, 5) is 12.7. The molecule has 4 nitrogen and oxygen atoms in total. The number of allylic oxidation sites excluding steroid dienone is 8. The minimum absolute atomic E-state index is 0.622. The fourth-order valence-electron chi connectivity index (χ4n) is 6.12. The molecule has 3 heterocycles. The second-order valence-electron chi connectivity index (χ2n) is 11.9. The van der Waals surface area contributed by atoms with E-state index in [0.29, 0.717) is 11.8 Å². The zero-order valence-corrected chi connectivity index (χ0v) is 34.4. The van der Waals surface area contributed by atoms with Crippen LogP contribution >= 0.6 is 51.2 Å². The summed E-state index contributed by atoms with van der Waals surface area (Å²) in [6.07, 6.45) is 14.1. The molecular formula is C38H45Br2Cl2N4Ru-. The van der Waals surface area contributed by atoms with Crippen molar-refractivity contribution < 1.29 is 13.5 Å². The van der Waals surface area contributed by atoms with E-state index in [0.717, 1.165) is 27.6 Å². The van der Waals surface area contributed by atoms with E-state index in [4.69, 9.17) is 19.4 Å². The summed E-state index contributed by atoms with van der Waals surface area (Å²) in [7, 11) is 11.3. The Kier molecular flexibility index (Phi) is 17.3. The number of pyridine rings is 2. The van der Waals surface area contributed by atoms with Gasteiger partial charge in [-0.15, -0.1) is 0 Å². The Morgan fingerprint density at radius 3 is 1.49 bits per heavy atom. The number of rotatable bonds is 3. The Labute approximate surface area is 312 Å². The Morgan fingerprint density at radius 1 is 0.723 bits per heavy atom. The summed E-state index contributed by atoms with van der Waals surface area (Å²) in [6, 6.07) is 17.5. The number of halogens is 4. The molecule has 9 heteroatoms. The van der Waals surface area contributed by atoms with Gasteiger partial charge < -0.3 is 9.80 Å². The topological polar surface area (TPSA) is 32.3 Å². The molecule has 2 aliphatic carbocycles. The summed E-state index contributed by atoms with van der Waals surface area (Å²) in [5, 5.41) is 0. The van der Waals surface area contributed by atoms with Gasteiger partial charge in [0.2, 0.25) is 0 Å². The molecule has 3 aliphatic rings. The van der Waals surface area contributed by atoms with E-state index in [-0.39, 0.29) is 0 Å². The van der Waals surface area contributed by atoms with E-state index in [1.165, 1.54) is 46.5 Å². The summed E-state index contributed by atoms with van der Waals surface area (Å²) in [5.41, 5.74) is 10.1. The number of aromatic nitrogens is 2. The molecule has 0 N–H and O–H groups in total. The first-order chi connectivity index (χ1) is 22.4. The molecule has 0 saturated carbocycles. The SMILES string of the molecule is Brc1cccnc1.Brc1cccnc1.CC1=CC(C)=C(N2[CH-]N(C3=C(C)C=C(C)C[C@@H]3C)CC2)[C@H](C)C1.[Cl][Ru]([Cl])=[CH]c1ccccc1. The van der Waals surface area contributed by atoms with Gasteiger partial charge in [-0.3, -0.25) is 9.97 Å². The minimum atomic E-state index is -1.61. The maximum atomic E-state index is 5.67. The molecule has 254 valence electrons. The second-order valence-corrected chi connectivity index (χ2v) is 19.4. The molecule has 1 saturated heterocycles. The van der Waals surface area contributed by atoms with Crippen molar-refractivity contribution in [1.29, 1.82) is 0 Å². The van der Waals surface area contributed by atoms with Gasteiger partial charge in [-0.05, 0) is 131 Å². The van der Waals surface area contributed by atoms with Gasteiger partial charge in [-0.2, -0.15) is 6.67 Å². The van der Waals surface area contributed by atoms with Gasteiger partial charge in [0.05, 0.1) is 0 Å². The number of hydrogen-bond acceptors (Lipinski definition) is 4. The fraction of sp³-hybridized carbons (Fsp3) is 0.316. The van der Waals surface area contributed by atoms with E-state index < -0.39 is 13.5 Å². The third-order valence-electron chi connectivity index (χ3n) is 7.65. The maximum absolute atomic E-state index is 5.67. The zero-order chi connectivity index (χ0) is 34.3. The Morgan fingerprint density at radius 2 is 1.17 bits per heavy atom. The molecule has 2 atom stereocenters. The van der Waals surface area contributed by atoms with E-state index in [9.17, 15) is 0 Å². The van der Waals surface area contributed by atoms with Crippen LogP contribution in [0.25, 0.3) is 0 Å². The standard InChI is InChI=1S/C21H31N2.C7H6.2C5H4BrN.2ClH.Ru/c1-14-9-16(3)20(17(4)10-14)22-7-8-23(13-22)21-18(5)11-15(2)12-19(21)6;1-7-5-3-2-4-6-7;2*6-5-2-1-3-7-4-5;;;/h9,11,13,17,19H,7-8,10,12H2,1-6H3;1-6H;2*1-4H;2*1H;/q-1;;;;;;+2/p-2/t17-,19+;;;;;;. The van der Waals surface area contributed by atoms with Gasteiger partial charge in [0.15, 0.2) is 0 Å². The molecule has 2 aromatic heterocycles. The quantitative estimate of drug-likeness (QED) is 0.194. The van der Waals surface area contributed by atoms with Crippen LogP contribution in [-0.4, -0.2) is 37.5 Å². The van der Waals surface area contributed by atoms with Crippen LogP contribution in [0.15, 0.2) is 134 Å². The first kappa shape index (κ1) is 39.6. The molecule has 6 rings (SSSR count). The van der Waals surface area contributed by atoms with Gasteiger partial charge in [-0.25, -0.2) is 0 Å². The van der Waals surface area contributed by atoms with Gasteiger partial charge in [-0.1, -0.05) is 37.1 Å². The van der Waals surface area contributed by atoms with Gasteiger partial charge in [0.1, 0.15) is 0 Å². The van der Waals surface area contributed by atoms with Crippen molar-refractivity contribution in [2.75, 3.05) is 13.1 Å². The molecule has 0 amide bonds. The summed E-state index contributed by atoms with van der Waals surface area (Å²) in [5.74, 6) is 1.24. The Balaban J connectivity index is 0.000000204. The zero-order valence-electron chi connectivity index (χ0n) is 28.0. The first-order valence-electron chi connectivity index (χ1n) is 15.6. The van der Waals surface area contributed by atoms with Crippen LogP contribution in [0, 0.1) is 18.5 Å². The van der Waals surface area contributed by atoms with Gasteiger partial charge in [0.25, 0.3) is 0 Å². The van der Waals surface area contributed by atoms with Crippen molar-refractivity contribution in [3.8, 4) is 0 Å². The van der Waals surface area contributed by atoms with Crippen molar-refractivity contribution in [3.05, 3.63) is 146 Å². The normalized spacial score (nSPS) is 19.2. The number of benzene rings is 1. The molecule has 0 unspecified atom stereocenters. The Hall–Kier alpha value is -1.89. The van der Waals surface area contributed by atoms with Crippen LogP contribution in [0.2, 0.25) is 0 Å². The van der Waals surface area contributed by atoms with E-state index >= 15 is 0 Å². The van der Waals surface area contributed by atoms with E-state index in [2.05, 4.69) is 112 Å². The van der Waals surface area contributed by atoms with Crippen LogP contribution in [0.5, 0.6) is 0 Å². The van der Waals surface area contributed by atoms with E-state index in [1.54, 1.807) is 24.8 Å². The fourth-order valence-corrected chi connectivity index (χ4v) is 8.49. The second kappa shape index (κ2) is 20.6. The molecule has 1 fully saturated rings. The van der Waals surface area contributed by atoms with Crippen LogP contribution in [0.3, 0.4) is 0 Å². The van der Waals surface area contributed by atoms with Crippen LogP contribution < -0.4 is 0 Å². The summed E-state index contributed by atoms with van der Waals surface area (Å²) in [6.45, 7) is 18.4. The van der Waals surface area contributed by atoms with Crippen molar-refractivity contribution >= 4 is 55.9 Å². The first-order valence-corrected chi connectivity index (χ1v) is 22.6. The average molecular weight is 890 g/mol. The van der Waals surface area contributed by atoms with E-state index in [1.807, 2.05) is 59.2 Å². The predicted molar refractivity (Wildman–Crippen MR) is 205 cm³/mol. The third kappa shape index (κ3) is 13.9. The van der Waals surface area contributed by atoms with Gasteiger partial charge in [0, 0.05) is 46.8 Å². The van der Waals surface area contributed by atoms with Crippen molar-refractivity contribution in [1.82, 2.24) is 19.8 Å².